The second-order valence-electron chi connectivity index (χ2n) is 4.30. The molecule has 4 nitrogen and oxygen atoms in total. The Labute approximate surface area is 96.9 Å². The number of aliphatic hydroxyl groups is 1. The van der Waals surface area contributed by atoms with E-state index in [-0.39, 0.29) is 5.76 Å². The predicted octanol–water partition coefficient (Wildman–Crippen LogP) is 0.630. The highest BCUT2D eigenvalue weighted by atomic mass is 16.4. The smallest absolute Gasteiger partial charge is 0.328 e. The standard InChI is InChI=1S/C7H15N.C5H6O3/c1-7-3-5-8(2)6-4-7;1-4(6)2-3-5(7)8/h7H,3-6H2,1-2H3;2-3,6H,1H2,(H,7,8)/p+1/b;3-2+. The lowest BCUT2D eigenvalue weighted by atomic mass is 10.00. The minimum atomic E-state index is -1.10. The van der Waals surface area contributed by atoms with Crippen LogP contribution in [0.25, 0.3) is 0 Å². The Kier molecular flexibility index (Phi) is 7.29. The molecule has 0 radical (unpaired) electrons. The highest BCUT2D eigenvalue weighted by Gasteiger charge is 2.13. The molecule has 1 aliphatic heterocycles. The molecule has 1 rings (SSSR count). The third-order valence-electron chi connectivity index (χ3n) is 2.55. The van der Waals surface area contributed by atoms with Gasteiger partial charge in [0.1, 0.15) is 5.76 Å². The number of likely N-dealkylation sites (tertiary alicyclic amines) is 1. The van der Waals surface area contributed by atoms with Crippen LogP contribution >= 0.6 is 0 Å². The van der Waals surface area contributed by atoms with Gasteiger partial charge in [0.2, 0.25) is 0 Å². The summed E-state index contributed by atoms with van der Waals surface area (Å²) in [6, 6.07) is 0. The number of carbonyl (C=O) groups is 1. The second-order valence-corrected chi connectivity index (χ2v) is 4.30. The van der Waals surface area contributed by atoms with E-state index >= 15 is 0 Å². The van der Waals surface area contributed by atoms with Crippen molar-refractivity contribution in [1.29, 1.82) is 0 Å². The highest BCUT2D eigenvalue weighted by Crippen LogP contribution is 2.05. The van der Waals surface area contributed by atoms with Gasteiger partial charge in [-0.25, -0.2) is 4.79 Å². The van der Waals surface area contributed by atoms with Crippen LogP contribution in [0.5, 0.6) is 0 Å². The summed E-state index contributed by atoms with van der Waals surface area (Å²) in [4.78, 5) is 11.4. The van der Waals surface area contributed by atoms with E-state index in [9.17, 15) is 4.79 Å². The topological polar surface area (TPSA) is 62.0 Å². The first kappa shape index (κ1) is 14.7. The molecule has 4 heteroatoms. The lowest BCUT2D eigenvalue weighted by Crippen LogP contribution is -3.10. The predicted molar refractivity (Wildman–Crippen MR) is 63.6 cm³/mol. The number of hydrogen-bond donors (Lipinski definition) is 3. The number of rotatable bonds is 2. The first-order valence-corrected chi connectivity index (χ1v) is 5.52. The van der Waals surface area contributed by atoms with Crippen molar-refractivity contribution >= 4 is 5.97 Å². The number of carboxylic acid groups (broad SMARTS) is 1. The van der Waals surface area contributed by atoms with Crippen LogP contribution < -0.4 is 4.90 Å². The molecule has 0 aromatic heterocycles. The first-order valence-electron chi connectivity index (χ1n) is 5.52. The van der Waals surface area contributed by atoms with Crippen molar-refractivity contribution in [3.8, 4) is 0 Å². The molecule has 0 spiro atoms. The summed E-state index contributed by atoms with van der Waals surface area (Å²) >= 11 is 0. The molecule has 16 heavy (non-hydrogen) atoms. The average Bonchev–Trinajstić information content (AvgIpc) is 2.20. The molecule has 0 aliphatic carbocycles. The average molecular weight is 228 g/mol. The maximum absolute atomic E-state index is 9.66. The molecule has 3 N–H and O–H groups in total. The normalized spacial score (nSPS) is 24.6. The van der Waals surface area contributed by atoms with Crippen molar-refractivity contribution in [2.75, 3.05) is 20.1 Å². The van der Waals surface area contributed by atoms with E-state index in [1.165, 1.54) is 25.9 Å². The summed E-state index contributed by atoms with van der Waals surface area (Å²) in [7, 11) is 2.28. The Morgan fingerprint density at radius 3 is 2.06 bits per heavy atom. The van der Waals surface area contributed by atoms with E-state index in [1.807, 2.05) is 0 Å². The number of hydrogen-bond acceptors (Lipinski definition) is 2. The van der Waals surface area contributed by atoms with Gasteiger partial charge in [-0.2, -0.15) is 0 Å². The molecular weight excluding hydrogens is 206 g/mol. The summed E-state index contributed by atoms with van der Waals surface area (Å²) in [6.45, 7) is 8.17. The minimum absolute atomic E-state index is 0.257. The van der Waals surface area contributed by atoms with E-state index in [0.29, 0.717) is 0 Å². The molecule has 0 unspecified atom stereocenters. The van der Waals surface area contributed by atoms with Crippen molar-refractivity contribution in [2.45, 2.75) is 19.8 Å². The summed E-state index contributed by atoms with van der Waals surface area (Å²) in [5.41, 5.74) is 0. The van der Waals surface area contributed by atoms with Gasteiger partial charge in [-0.05, 0) is 24.8 Å². The van der Waals surface area contributed by atoms with Crippen molar-refractivity contribution in [3.63, 3.8) is 0 Å². The van der Waals surface area contributed by atoms with Gasteiger partial charge in [-0.15, -0.1) is 0 Å². The van der Waals surface area contributed by atoms with Crippen molar-refractivity contribution in [3.05, 3.63) is 24.5 Å². The van der Waals surface area contributed by atoms with Crippen molar-refractivity contribution < 1.29 is 19.9 Å². The lowest BCUT2D eigenvalue weighted by molar-refractivity contribution is -0.885. The van der Waals surface area contributed by atoms with Gasteiger partial charge < -0.3 is 15.1 Å². The number of carboxylic acids is 1. The van der Waals surface area contributed by atoms with Gasteiger partial charge in [-0.3, -0.25) is 0 Å². The number of quaternary nitrogens is 1. The van der Waals surface area contributed by atoms with Gasteiger partial charge in [0.05, 0.1) is 20.1 Å². The van der Waals surface area contributed by atoms with Crippen molar-refractivity contribution in [1.82, 2.24) is 0 Å². The molecule has 0 aromatic carbocycles. The van der Waals surface area contributed by atoms with Crippen LogP contribution in [0.15, 0.2) is 24.5 Å². The Hall–Kier alpha value is -1.29. The molecule has 1 saturated heterocycles. The van der Waals surface area contributed by atoms with E-state index < -0.39 is 5.97 Å². The van der Waals surface area contributed by atoms with E-state index in [4.69, 9.17) is 10.2 Å². The fraction of sp³-hybridized carbons (Fsp3) is 0.583. The molecule has 0 aromatic rings. The zero-order chi connectivity index (χ0) is 12.6. The van der Waals surface area contributed by atoms with Gasteiger partial charge in [-0.1, -0.05) is 13.5 Å². The van der Waals surface area contributed by atoms with E-state index in [1.54, 1.807) is 4.90 Å². The van der Waals surface area contributed by atoms with Crippen LogP contribution in [0.4, 0.5) is 0 Å². The van der Waals surface area contributed by atoms with Crippen LogP contribution in [-0.2, 0) is 4.79 Å². The Balaban J connectivity index is 0.000000281. The molecule has 1 aliphatic rings. The molecule has 1 heterocycles. The number of piperidine rings is 1. The van der Waals surface area contributed by atoms with Crippen molar-refractivity contribution in [2.24, 2.45) is 5.92 Å². The Bertz CT molecular complexity index is 227. The van der Waals surface area contributed by atoms with Gasteiger partial charge >= 0.3 is 5.97 Å². The van der Waals surface area contributed by atoms with Gasteiger partial charge in [0, 0.05) is 6.08 Å². The lowest BCUT2D eigenvalue weighted by Gasteiger charge is -2.23. The summed E-state index contributed by atoms with van der Waals surface area (Å²) in [5.74, 6) is -0.355. The maximum atomic E-state index is 9.66. The minimum Gasteiger partial charge on any atom is -0.509 e. The number of allylic oxidation sites excluding steroid dienone is 1. The summed E-state index contributed by atoms with van der Waals surface area (Å²) in [5, 5.41) is 16.2. The van der Waals surface area contributed by atoms with Crippen LogP contribution in [0, 0.1) is 5.92 Å². The Morgan fingerprint density at radius 2 is 1.81 bits per heavy atom. The molecule has 92 valence electrons. The van der Waals surface area contributed by atoms with Crippen LogP contribution in [-0.4, -0.2) is 36.3 Å². The van der Waals surface area contributed by atoms with Crippen LogP contribution in [0.3, 0.4) is 0 Å². The number of aliphatic carboxylic acids is 1. The summed E-state index contributed by atoms with van der Waals surface area (Å²) < 4.78 is 0. The molecule has 1 fully saturated rings. The highest BCUT2D eigenvalue weighted by molar-refractivity contribution is 5.80. The van der Waals surface area contributed by atoms with Crippen LogP contribution in [0.2, 0.25) is 0 Å². The molecule has 0 atom stereocenters. The van der Waals surface area contributed by atoms with E-state index in [2.05, 4.69) is 20.6 Å². The first-order chi connectivity index (χ1) is 7.41. The SMILES string of the molecule is C=C(O)/C=C/C(=O)O.CC1CC[NH+](C)CC1. The quantitative estimate of drug-likeness (QED) is 0.369. The maximum Gasteiger partial charge on any atom is 0.328 e. The van der Waals surface area contributed by atoms with E-state index in [0.717, 1.165) is 18.1 Å². The summed E-state index contributed by atoms with van der Waals surface area (Å²) in [6.07, 6.45) is 4.68. The molecule has 0 bridgehead atoms. The third kappa shape index (κ3) is 9.27. The monoisotopic (exact) mass is 228 g/mol. The molecule has 0 saturated carbocycles. The van der Waals surface area contributed by atoms with Gasteiger partial charge in [0.25, 0.3) is 0 Å². The Morgan fingerprint density at radius 1 is 1.31 bits per heavy atom. The zero-order valence-corrected chi connectivity index (χ0v) is 10.1. The zero-order valence-electron chi connectivity index (χ0n) is 10.1. The number of nitrogens with one attached hydrogen (secondary N) is 1. The number of aliphatic hydroxyl groups excluding tert-OH is 1. The fourth-order valence-corrected chi connectivity index (χ4v) is 1.42. The van der Waals surface area contributed by atoms with Crippen LogP contribution in [0.1, 0.15) is 19.8 Å². The largest absolute Gasteiger partial charge is 0.509 e. The second kappa shape index (κ2) is 7.93. The molecular formula is C12H22NO3+. The van der Waals surface area contributed by atoms with Gasteiger partial charge in [0.15, 0.2) is 0 Å². The fourth-order valence-electron chi connectivity index (χ4n) is 1.42. The molecule has 0 amide bonds. The third-order valence-corrected chi connectivity index (χ3v) is 2.55.